The molecule has 2 saturated heterocycles. The maximum atomic E-state index is 12.8. The molecule has 298 valence electrons. The second-order valence-corrected chi connectivity index (χ2v) is 13.5. The highest BCUT2D eigenvalue weighted by molar-refractivity contribution is 6.43. The van der Waals surface area contributed by atoms with Crippen LogP contribution in [0.5, 0.6) is 0 Å². The predicted octanol–water partition coefficient (Wildman–Crippen LogP) is -1.99. The number of carboxylic acid groups (broad SMARTS) is 3. The van der Waals surface area contributed by atoms with Crippen LogP contribution in [0, 0.1) is 0 Å². The van der Waals surface area contributed by atoms with Gasteiger partial charge in [-0.2, -0.15) is 0 Å². The number of amides is 3. The van der Waals surface area contributed by atoms with Crippen LogP contribution in [0.3, 0.4) is 0 Å². The number of likely N-dealkylation sites (tertiary alicyclic amines) is 1. The third-order valence-electron chi connectivity index (χ3n) is 9.46. The minimum absolute atomic E-state index is 0.00263. The number of carboxylic acids is 3. The van der Waals surface area contributed by atoms with Crippen molar-refractivity contribution >= 4 is 54.2 Å². The third kappa shape index (κ3) is 14.7. The van der Waals surface area contributed by atoms with E-state index in [0.717, 1.165) is 0 Å². The van der Waals surface area contributed by atoms with Crippen LogP contribution in [-0.2, 0) is 28.8 Å². The summed E-state index contributed by atoms with van der Waals surface area (Å²) < 4.78 is 0. The number of hydrogen-bond acceptors (Lipinski definition) is 13. The number of anilines is 1. The van der Waals surface area contributed by atoms with Gasteiger partial charge < -0.3 is 46.2 Å². The Balaban J connectivity index is 1.37. The Morgan fingerprint density at radius 2 is 1.43 bits per heavy atom. The van der Waals surface area contributed by atoms with E-state index in [1.165, 1.54) is 24.0 Å². The lowest BCUT2D eigenvalue weighted by Gasteiger charge is -2.30. The maximum absolute atomic E-state index is 12.8. The van der Waals surface area contributed by atoms with Crippen molar-refractivity contribution in [3.8, 4) is 0 Å². The van der Waals surface area contributed by atoms with Gasteiger partial charge in [0.1, 0.15) is 12.1 Å². The van der Waals surface area contributed by atoms with Gasteiger partial charge in [-0.1, -0.05) is 0 Å². The highest BCUT2D eigenvalue weighted by Crippen LogP contribution is 2.19. The molecular weight excluding hydrogens is 709 g/mol. The van der Waals surface area contributed by atoms with E-state index in [1.807, 2.05) is 0 Å². The van der Waals surface area contributed by atoms with Gasteiger partial charge in [0.15, 0.2) is 5.78 Å². The summed E-state index contributed by atoms with van der Waals surface area (Å²) in [5.41, 5.74) is 0.876. The molecule has 2 aliphatic rings. The van der Waals surface area contributed by atoms with Crippen LogP contribution in [0.15, 0.2) is 24.3 Å². The Morgan fingerprint density at radius 3 is 1.98 bits per heavy atom. The molecule has 20 heteroatoms. The van der Waals surface area contributed by atoms with Crippen molar-refractivity contribution in [2.24, 2.45) is 0 Å². The summed E-state index contributed by atoms with van der Waals surface area (Å²) in [5, 5.41) is 55.8. The zero-order valence-electron chi connectivity index (χ0n) is 30.5. The van der Waals surface area contributed by atoms with Crippen molar-refractivity contribution < 1.29 is 58.9 Å². The molecule has 0 aromatic heterocycles. The molecule has 1 aromatic rings. The zero-order valence-corrected chi connectivity index (χ0v) is 30.5. The fourth-order valence-corrected chi connectivity index (χ4v) is 6.50. The number of carbonyl (C=O) groups is 7. The summed E-state index contributed by atoms with van der Waals surface area (Å²) in [4.78, 5) is 91.6. The number of ketones is 1. The van der Waals surface area contributed by atoms with Crippen LogP contribution in [0.25, 0.3) is 0 Å². The normalized spacial score (nSPS) is 18.4. The summed E-state index contributed by atoms with van der Waals surface area (Å²) in [6, 6.07) is 4.38. The quantitative estimate of drug-likeness (QED) is 0.0528. The predicted molar refractivity (Wildman–Crippen MR) is 194 cm³/mol. The average molecular weight is 762 g/mol. The highest BCUT2D eigenvalue weighted by atomic mass is 16.4. The van der Waals surface area contributed by atoms with Crippen molar-refractivity contribution in [1.29, 1.82) is 0 Å². The van der Waals surface area contributed by atoms with Crippen molar-refractivity contribution in [2.75, 3.05) is 77.3 Å². The molecule has 0 spiro atoms. The molecule has 8 N–H and O–H groups in total. The summed E-state index contributed by atoms with van der Waals surface area (Å²) in [5.74, 6) is -5.35. The molecule has 1 unspecified atom stereocenters. The van der Waals surface area contributed by atoms with Crippen molar-refractivity contribution in [3.05, 3.63) is 29.8 Å². The van der Waals surface area contributed by atoms with E-state index in [4.69, 9.17) is 0 Å². The van der Waals surface area contributed by atoms with Gasteiger partial charge in [0, 0.05) is 76.5 Å². The molecular formula is C34H52BN7O12. The molecule has 2 aliphatic heterocycles. The fourth-order valence-electron chi connectivity index (χ4n) is 6.50. The Labute approximate surface area is 313 Å². The van der Waals surface area contributed by atoms with Gasteiger partial charge in [0.25, 0.3) is 5.91 Å². The molecule has 19 nitrogen and oxygen atoms in total. The second kappa shape index (κ2) is 21.9. The Hall–Kier alpha value is -4.63. The van der Waals surface area contributed by atoms with Gasteiger partial charge in [0.2, 0.25) is 11.8 Å². The number of aliphatic carboxylic acids is 3. The second-order valence-electron chi connectivity index (χ2n) is 13.5. The molecule has 0 saturated carbocycles. The standard InChI is InChI=1S/C34H52BN7O12/c1-23(33(50)42-13-3-5-28(42)35(53)54)38-32(49)24-6-8-25(9-7-24)37-20-26(43)4-2-12-36-29(44)11-10-27(34(51)52)41-18-16-39(21-30(45)46)14-15-40(17-19-41)22-31(47)48/h6-9,23,27-28,37,53-54H,2-5,10-22H2,1H3,(H,36,44)(H,38,49)(H,45,46)(H,47,48)(H,51,52)/t23-,27?,28+/m1/s1. The highest BCUT2D eigenvalue weighted by Gasteiger charge is 2.38. The lowest BCUT2D eigenvalue weighted by Crippen LogP contribution is -2.52. The average Bonchev–Trinajstić information content (AvgIpc) is 3.64. The van der Waals surface area contributed by atoms with Crippen LogP contribution in [-0.4, -0.2) is 184 Å². The van der Waals surface area contributed by atoms with Crippen molar-refractivity contribution in [3.63, 3.8) is 0 Å². The van der Waals surface area contributed by atoms with Gasteiger partial charge >= 0.3 is 25.0 Å². The molecule has 2 fully saturated rings. The van der Waals surface area contributed by atoms with Crippen LogP contribution >= 0.6 is 0 Å². The minimum Gasteiger partial charge on any atom is -0.480 e. The molecule has 0 radical (unpaired) electrons. The van der Waals surface area contributed by atoms with E-state index < -0.39 is 54.9 Å². The smallest absolute Gasteiger partial charge is 0.475 e. The number of nitrogens with zero attached hydrogens (tertiary/aromatic N) is 4. The van der Waals surface area contributed by atoms with E-state index in [9.17, 15) is 58.9 Å². The van der Waals surface area contributed by atoms with Gasteiger partial charge in [-0.25, -0.2) is 0 Å². The number of benzene rings is 1. The zero-order chi connectivity index (χ0) is 39.8. The molecule has 0 aliphatic carbocycles. The molecule has 0 bridgehead atoms. The topological polar surface area (TPSA) is 270 Å². The maximum Gasteiger partial charge on any atom is 0.475 e. The van der Waals surface area contributed by atoms with E-state index in [0.29, 0.717) is 50.1 Å². The Morgan fingerprint density at radius 1 is 0.833 bits per heavy atom. The van der Waals surface area contributed by atoms with Crippen molar-refractivity contribution in [1.82, 2.24) is 30.2 Å². The summed E-state index contributed by atoms with van der Waals surface area (Å²) in [6.45, 7) is 3.16. The molecule has 3 amide bonds. The number of Topliss-reactive ketones (excluding diaryl/α,β-unsaturated/α-hetero) is 1. The lowest BCUT2D eigenvalue weighted by atomic mass is 9.78. The van der Waals surface area contributed by atoms with Crippen LogP contribution in [0.2, 0.25) is 0 Å². The number of nitrogens with one attached hydrogen (secondary N) is 3. The van der Waals surface area contributed by atoms with E-state index in [1.54, 1.807) is 26.8 Å². The van der Waals surface area contributed by atoms with Crippen LogP contribution < -0.4 is 16.0 Å². The number of carbonyl (C=O) groups excluding carboxylic acids is 4. The first-order chi connectivity index (χ1) is 25.6. The minimum atomic E-state index is -1.65. The van der Waals surface area contributed by atoms with E-state index >= 15 is 0 Å². The van der Waals surface area contributed by atoms with Crippen molar-refractivity contribution in [2.45, 2.75) is 63.5 Å². The number of rotatable bonds is 20. The van der Waals surface area contributed by atoms with Gasteiger partial charge in [-0.05, 0) is 56.9 Å². The number of hydrogen-bond donors (Lipinski definition) is 8. The van der Waals surface area contributed by atoms with E-state index in [-0.39, 0.29) is 83.3 Å². The van der Waals surface area contributed by atoms with Gasteiger partial charge in [0.05, 0.1) is 25.6 Å². The first-order valence-electron chi connectivity index (χ1n) is 18.1. The summed E-state index contributed by atoms with van der Waals surface area (Å²) in [6.07, 6.45) is 1.50. The molecule has 3 atom stereocenters. The lowest BCUT2D eigenvalue weighted by molar-refractivity contribution is -0.145. The van der Waals surface area contributed by atoms with Crippen LogP contribution in [0.1, 0.15) is 55.8 Å². The summed E-state index contributed by atoms with van der Waals surface area (Å²) in [7, 11) is -1.65. The van der Waals surface area contributed by atoms with Gasteiger partial charge in [-0.15, -0.1) is 0 Å². The first kappa shape index (κ1) is 43.8. The Bertz CT molecular complexity index is 1440. The molecule has 54 heavy (non-hydrogen) atoms. The van der Waals surface area contributed by atoms with Crippen LogP contribution in [0.4, 0.5) is 5.69 Å². The first-order valence-corrected chi connectivity index (χ1v) is 18.1. The third-order valence-corrected chi connectivity index (χ3v) is 9.46. The van der Waals surface area contributed by atoms with Gasteiger partial charge in [-0.3, -0.25) is 48.3 Å². The molecule has 1 aromatic carbocycles. The summed E-state index contributed by atoms with van der Waals surface area (Å²) >= 11 is 0. The molecule has 3 rings (SSSR count). The fraction of sp³-hybridized carbons (Fsp3) is 0.618. The monoisotopic (exact) mass is 761 g/mol. The SMILES string of the molecule is C[C@@H](NC(=O)c1ccc(NCC(=O)CCCNC(=O)CCC(C(=O)O)N2CCN(CC(=O)O)CCN(CC(=O)O)CC2)cc1)C(=O)N1CCC[C@H]1B(O)O. The molecule has 2 heterocycles. The Kier molecular flexibility index (Phi) is 17.8. The van der Waals surface area contributed by atoms with E-state index in [2.05, 4.69) is 16.0 Å². The largest absolute Gasteiger partial charge is 0.480 e.